The summed E-state index contributed by atoms with van der Waals surface area (Å²) in [6.45, 7) is 10.6. The number of hydrogen-bond acceptors (Lipinski definition) is 2. The van der Waals surface area contributed by atoms with E-state index in [1.54, 1.807) is 0 Å². The Balaban J connectivity index is 2.11. The zero-order valence-electron chi connectivity index (χ0n) is 13.9. The molecular formula is C18H32N2. The van der Waals surface area contributed by atoms with Gasteiger partial charge in [-0.25, -0.2) is 0 Å². The maximum atomic E-state index is 9.55. The van der Waals surface area contributed by atoms with Gasteiger partial charge in [-0.05, 0) is 56.4 Å². The van der Waals surface area contributed by atoms with Crippen molar-refractivity contribution in [3.63, 3.8) is 0 Å². The second-order valence-electron chi connectivity index (χ2n) is 7.62. The molecule has 0 aromatic carbocycles. The summed E-state index contributed by atoms with van der Waals surface area (Å²) in [7, 11) is 0. The lowest BCUT2D eigenvalue weighted by atomic mass is 9.66. The van der Waals surface area contributed by atoms with Crippen molar-refractivity contribution in [2.45, 2.75) is 84.7 Å². The lowest BCUT2D eigenvalue weighted by Crippen LogP contribution is -2.47. The number of rotatable bonds is 6. The van der Waals surface area contributed by atoms with Crippen LogP contribution in [0.3, 0.4) is 0 Å². The first-order chi connectivity index (χ1) is 9.53. The van der Waals surface area contributed by atoms with Crippen molar-refractivity contribution in [1.29, 1.82) is 5.26 Å². The predicted octanol–water partition coefficient (Wildman–Crippen LogP) is 4.61. The molecule has 3 unspecified atom stereocenters. The Labute approximate surface area is 125 Å². The fraction of sp³-hybridized carbons (Fsp3) is 0.944. The second-order valence-corrected chi connectivity index (χ2v) is 7.62. The van der Waals surface area contributed by atoms with Gasteiger partial charge < -0.3 is 0 Å². The minimum atomic E-state index is 0.269. The maximum Gasteiger partial charge on any atom is 0.0672 e. The number of hydrogen-bond donors (Lipinski definition) is 0. The standard InChI is InChI=1S/C18H32N2/c1-5-11-20(16-9-10-16)17-12-15(18(3,4)6-2)8-7-14(17)13-19/h14-17H,5-12H2,1-4H3. The van der Waals surface area contributed by atoms with Gasteiger partial charge in [-0.2, -0.15) is 5.26 Å². The second kappa shape index (κ2) is 6.48. The van der Waals surface area contributed by atoms with Gasteiger partial charge in [-0.3, -0.25) is 4.90 Å². The molecule has 2 nitrogen and oxygen atoms in total. The molecule has 0 aromatic heterocycles. The highest BCUT2D eigenvalue weighted by Crippen LogP contribution is 2.45. The van der Waals surface area contributed by atoms with Crippen LogP contribution in [0.1, 0.15) is 72.6 Å². The molecule has 0 amide bonds. The third kappa shape index (κ3) is 3.37. The van der Waals surface area contributed by atoms with E-state index in [0.717, 1.165) is 18.4 Å². The minimum Gasteiger partial charge on any atom is -0.296 e. The van der Waals surface area contributed by atoms with E-state index >= 15 is 0 Å². The molecular weight excluding hydrogens is 244 g/mol. The van der Waals surface area contributed by atoms with E-state index in [2.05, 4.69) is 38.7 Å². The van der Waals surface area contributed by atoms with Crippen LogP contribution in [0.15, 0.2) is 0 Å². The van der Waals surface area contributed by atoms with Crippen LogP contribution in [0.5, 0.6) is 0 Å². The van der Waals surface area contributed by atoms with Crippen LogP contribution in [0, 0.1) is 28.6 Å². The van der Waals surface area contributed by atoms with Crippen molar-refractivity contribution in [2.24, 2.45) is 17.3 Å². The van der Waals surface area contributed by atoms with Gasteiger partial charge in [0.15, 0.2) is 0 Å². The molecule has 0 aromatic rings. The van der Waals surface area contributed by atoms with Gasteiger partial charge in [0.05, 0.1) is 12.0 Å². The molecule has 114 valence electrons. The van der Waals surface area contributed by atoms with Crippen molar-refractivity contribution in [2.75, 3.05) is 6.54 Å². The molecule has 2 saturated carbocycles. The topological polar surface area (TPSA) is 27.0 Å². The van der Waals surface area contributed by atoms with E-state index in [1.165, 1.54) is 45.1 Å². The third-order valence-electron chi connectivity index (χ3n) is 5.92. The van der Waals surface area contributed by atoms with Gasteiger partial charge in [0, 0.05) is 12.1 Å². The lowest BCUT2D eigenvalue weighted by Gasteiger charge is -2.45. The van der Waals surface area contributed by atoms with Gasteiger partial charge >= 0.3 is 0 Å². The Kier molecular flexibility index (Phi) is 5.13. The summed E-state index contributed by atoms with van der Waals surface area (Å²) in [6.07, 6.45) is 8.79. The molecule has 2 rings (SSSR count). The molecule has 20 heavy (non-hydrogen) atoms. The van der Waals surface area contributed by atoms with Crippen LogP contribution >= 0.6 is 0 Å². The van der Waals surface area contributed by atoms with Crippen LogP contribution in [0.4, 0.5) is 0 Å². The zero-order chi connectivity index (χ0) is 14.8. The van der Waals surface area contributed by atoms with Gasteiger partial charge in [0.25, 0.3) is 0 Å². The Morgan fingerprint density at radius 1 is 1.15 bits per heavy atom. The molecule has 0 heterocycles. The summed E-state index contributed by atoms with van der Waals surface area (Å²) in [5.74, 6) is 1.06. The SMILES string of the molecule is CCCN(C1CC1)C1CC(C(C)(C)CC)CCC1C#N. The van der Waals surface area contributed by atoms with Gasteiger partial charge in [0.2, 0.25) is 0 Å². The number of nitriles is 1. The highest BCUT2D eigenvalue weighted by molar-refractivity contribution is 5.02. The van der Waals surface area contributed by atoms with Gasteiger partial charge in [0.1, 0.15) is 0 Å². The predicted molar refractivity (Wildman–Crippen MR) is 84.3 cm³/mol. The Morgan fingerprint density at radius 2 is 1.85 bits per heavy atom. The highest BCUT2D eigenvalue weighted by Gasteiger charge is 2.43. The highest BCUT2D eigenvalue weighted by atomic mass is 15.2. The summed E-state index contributed by atoms with van der Waals surface area (Å²) in [5, 5.41) is 9.55. The summed E-state index contributed by atoms with van der Waals surface area (Å²) in [6, 6.07) is 3.94. The van der Waals surface area contributed by atoms with Crippen LogP contribution in [0.2, 0.25) is 0 Å². The average molecular weight is 276 g/mol. The van der Waals surface area contributed by atoms with Crippen molar-refractivity contribution >= 4 is 0 Å². The Morgan fingerprint density at radius 3 is 2.35 bits per heavy atom. The minimum absolute atomic E-state index is 0.269. The molecule has 2 aliphatic carbocycles. The monoisotopic (exact) mass is 276 g/mol. The molecule has 0 radical (unpaired) electrons. The quantitative estimate of drug-likeness (QED) is 0.708. The maximum absolute atomic E-state index is 9.55. The normalized spacial score (nSPS) is 31.3. The third-order valence-corrected chi connectivity index (χ3v) is 5.92. The van der Waals surface area contributed by atoms with E-state index in [9.17, 15) is 5.26 Å². The lowest BCUT2D eigenvalue weighted by molar-refractivity contribution is 0.0470. The van der Waals surface area contributed by atoms with E-state index < -0.39 is 0 Å². The van der Waals surface area contributed by atoms with Crippen molar-refractivity contribution in [1.82, 2.24) is 4.90 Å². The zero-order valence-corrected chi connectivity index (χ0v) is 13.9. The molecule has 0 saturated heterocycles. The van der Waals surface area contributed by atoms with Gasteiger partial charge in [-0.1, -0.05) is 34.1 Å². The molecule has 3 atom stereocenters. The molecule has 2 fully saturated rings. The van der Waals surface area contributed by atoms with Crippen LogP contribution in [-0.4, -0.2) is 23.5 Å². The van der Waals surface area contributed by atoms with Gasteiger partial charge in [-0.15, -0.1) is 0 Å². The van der Waals surface area contributed by atoms with E-state index in [4.69, 9.17) is 0 Å². The first-order valence-electron chi connectivity index (χ1n) is 8.68. The first kappa shape index (κ1) is 15.8. The number of nitrogens with zero attached hydrogens (tertiary/aromatic N) is 2. The fourth-order valence-corrected chi connectivity index (χ4v) is 3.95. The van der Waals surface area contributed by atoms with Crippen molar-refractivity contribution < 1.29 is 0 Å². The Bertz CT molecular complexity index is 351. The van der Waals surface area contributed by atoms with Crippen molar-refractivity contribution in [3.8, 4) is 6.07 Å². The Hall–Kier alpha value is -0.550. The summed E-state index contributed by atoms with van der Waals surface area (Å²) in [5.41, 5.74) is 0.431. The van der Waals surface area contributed by atoms with E-state index in [1.807, 2.05) is 0 Å². The van der Waals surface area contributed by atoms with Crippen LogP contribution in [-0.2, 0) is 0 Å². The molecule has 0 bridgehead atoms. The summed E-state index contributed by atoms with van der Waals surface area (Å²) < 4.78 is 0. The van der Waals surface area contributed by atoms with Crippen molar-refractivity contribution in [3.05, 3.63) is 0 Å². The smallest absolute Gasteiger partial charge is 0.0672 e. The molecule has 2 heteroatoms. The molecule has 0 N–H and O–H groups in total. The molecule has 0 spiro atoms. The molecule has 0 aliphatic heterocycles. The average Bonchev–Trinajstić information content (AvgIpc) is 3.28. The van der Waals surface area contributed by atoms with E-state index in [-0.39, 0.29) is 5.92 Å². The van der Waals surface area contributed by atoms with Crippen LogP contribution < -0.4 is 0 Å². The first-order valence-corrected chi connectivity index (χ1v) is 8.68. The van der Waals surface area contributed by atoms with E-state index in [0.29, 0.717) is 11.5 Å². The summed E-state index contributed by atoms with van der Waals surface area (Å²) >= 11 is 0. The largest absolute Gasteiger partial charge is 0.296 e. The van der Waals surface area contributed by atoms with Crippen LogP contribution in [0.25, 0.3) is 0 Å². The molecule has 2 aliphatic rings. The fourth-order valence-electron chi connectivity index (χ4n) is 3.95. The summed E-state index contributed by atoms with van der Waals surface area (Å²) in [4.78, 5) is 2.70.